The number of carbonyl (C=O) groups is 1. The minimum absolute atomic E-state index is 0.142. The van der Waals surface area contributed by atoms with Crippen LogP contribution in [0.25, 0.3) is 0 Å². The highest BCUT2D eigenvalue weighted by atomic mass is 35.5. The zero-order chi connectivity index (χ0) is 21.0. The van der Waals surface area contributed by atoms with Crippen LogP contribution in [0.1, 0.15) is 37.8 Å². The van der Waals surface area contributed by atoms with E-state index in [4.69, 9.17) is 16.3 Å². The summed E-state index contributed by atoms with van der Waals surface area (Å²) < 4.78 is 32.6. The van der Waals surface area contributed by atoms with Crippen molar-refractivity contribution in [1.29, 1.82) is 0 Å². The fraction of sp³-hybridized carbons (Fsp3) is 0.381. The number of rotatable bonds is 7. The topological polar surface area (TPSA) is 75.7 Å². The maximum atomic E-state index is 13.0. The van der Waals surface area contributed by atoms with Crippen LogP contribution in [0.4, 0.5) is 0 Å². The third-order valence-corrected chi connectivity index (χ3v) is 7.34. The van der Waals surface area contributed by atoms with Gasteiger partial charge in [-0.25, -0.2) is 8.42 Å². The first-order valence-corrected chi connectivity index (χ1v) is 11.4. The highest BCUT2D eigenvalue weighted by molar-refractivity contribution is 7.89. The number of ether oxygens (including phenoxy) is 1. The molecule has 2 atom stereocenters. The Kier molecular flexibility index (Phi) is 6.82. The van der Waals surface area contributed by atoms with E-state index in [1.807, 2.05) is 31.2 Å². The summed E-state index contributed by atoms with van der Waals surface area (Å²) in [7, 11) is -2.17. The number of benzene rings is 2. The second-order valence-electron chi connectivity index (χ2n) is 6.97. The van der Waals surface area contributed by atoms with Crippen molar-refractivity contribution in [2.75, 3.05) is 13.7 Å². The molecule has 8 heteroatoms. The summed E-state index contributed by atoms with van der Waals surface area (Å²) in [5.41, 5.74) is 0.951. The van der Waals surface area contributed by atoms with Gasteiger partial charge in [0.25, 0.3) is 0 Å². The van der Waals surface area contributed by atoms with E-state index in [1.165, 1.54) is 28.6 Å². The first kappa shape index (κ1) is 21.6. The Balaban J connectivity index is 1.77. The third-order valence-electron chi connectivity index (χ3n) is 5.17. The quantitative estimate of drug-likeness (QED) is 0.716. The van der Waals surface area contributed by atoms with Crippen LogP contribution in [0.2, 0.25) is 5.02 Å². The van der Waals surface area contributed by atoms with E-state index in [-0.39, 0.29) is 16.8 Å². The van der Waals surface area contributed by atoms with Crippen molar-refractivity contribution in [3.05, 3.63) is 59.1 Å². The van der Waals surface area contributed by atoms with E-state index in [2.05, 4.69) is 5.32 Å². The lowest BCUT2D eigenvalue weighted by Crippen LogP contribution is -2.46. The van der Waals surface area contributed by atoms with Crippen LogP contribution in [-0.2, 0) is 14.8 Å². The van der Waals surface area contributed by atoms with Gasteiger partial charge in [-0.15, -0.1) is 0 Å². The molecule has 0 aliphatic carbocycles. The summed E-state index contributed by atoms with van der Waals surface area (Å²) in [5.74, 6) is 0.466. The van der Waals surface area contributed by atoms with Crippen molar-refractivity contribution in [3.8, 4) is 5.75 Å². The molecule has 1 N–H and O–H groups in total. The molecular weight excluding hydrogens is 412 g/mol. The number of nitrogens with zero attached hydrogens (tertiary/aromatic N) is 1. The van der Waals surface area contributed by atoms with Crippen LogP contribution in [0.5, 0.6) is 5.75 Å². The summed E-state index contributed by atoms with van der Waals surface area (Å²) in [5, 5.41) is 3.48. The van der Waals surface area contributed by atoms with Gasteiger partial charge in [0.1, 0.15) is 11.8 Å². The average Bonchev–Trinajstić information content (AvgIpc) is 3.23. The molecule has 0 aromatic heterocycles. The molecule has 1 aliphatic heterocycles. The van der Waals surface area contributed by atoms with E-state index >= 15 is 0 Å². The molecule has 0 saturated carbocycles. The van der Waals surface area contributed by atoms with Crippen LogP contribution >= 0.6 is 11.6 Å². The maximum Gasteiger partial charge on any atom is 0.243 e. The lowest BCUT2D eigenvalue weighted by atomic mass is 10.0. The van der Waals surface area contributed by atoms with E-state index in [0.717, 1.165) is 11.3 Å². The molecule has 1 amide bonds. The van der Waals surface area contributed by atoms with Crippen LogP contribution in [0, 0.1) is 0 Å². The zero-order valence-corrected chi connectivity index (χ0v) is 18.0. The minimum Gasteiger partial charge on any atom is -0.497 e. The zero-order valence-electron chi connectivity index (χ0n) is 16.5. The van der Waals surface area contributed by atoms with Gasteiger partial charge in [-0.1, -0.05) is 30.7 Å². The van der Waals surface area contributed by atoms with Gasteiger partial charge < -0.3 is 10.1 Å². The van der Waals surface area contributed by atoms with Crippen molar-refractivity contribution in [2.24, 2.45) is 0 Å². The largest absolute Gasteiger partial charge is 0.497 e. The fourth-order valence-electron chi connectivity index (χ4n) is 3.56. The number of amides is 1. The third kappa shape index (κ3) is 4.74. The first-order chi connectivity index (χ1) is 13.9. The van der Waals surface area contributed by atoms with Gasteiger partial charge in [-0.3, -0.25) is 4.79 Å². The lowest BCUT2D eigenvalue weighted by Gasteiger charge is -2.26. The van der Waals surface area contributed by atoms with Crippen molar-refractivity contribution in [2.45, 2.75) is 43.2 Å². The second kappa shape index (κ2) is 9.15. The van der Waals surface area contributed by atoms with Gasteiger partial charge in [0.05, 0.1) is 18.0 Å². The van der Waals surface area contributed by atoms with Crippen LogP contribution in [0.3, 0.4) is 0 Å². The molecule has 0 unspecified atom stereocenters. The van der Waals surface area contributed by atoms with Crippen molar-refractivity contribution in [1.82, 2.24) is 9.62 Å². The minimum atomic E-state index is -3.77. The Morgan fingerprint density at radius 2 is 1.86 bits per heavy atom. The van der Waals surface area contributed by atoms with Gasteiger partial charge in [0.2, 0.25) is 15.9 Å². The standard InChI is InChI=1S/C21H25ClN2O4S/c1-3-19(15-6-10-17(28-2)11-7-15)23-21(25)20-5-4-14-24(20)29(26,27)18-12-8-16(22)9-13-18/h6-13,19-20H,3-5,14H2,1-2H3,(H,23,25)/t19-,20+/m0/s1. The fourth-order valence-corrected chi connectivity index (χ4v) is 5.34. The van der Waals surface area contributed by atoms with Gasteiger partial charge in [-0.05, 0) is 61.2 Å². The number of carbonyl (C=O) groups excluding carboxylic acids is 1. The number of hydrogen-bond donors (Lipinski definition) is 1. The van der Waals surface area contributed by atoms with Gasteiger partial charge >= 0.3 is 0 Å². The highest BCUT2D eigenvalue weighted by Crippen LogP contribution is 2.28. The number of methoxy groups -OCH3 is 1. The molecule has 0 radical (unpaired) electrons. The van der Waals surface area contributed by atoms with Crippen molar-refractivity contribution in [3.63, 3.8) is 0 Å². The monoisotopic (exact) mass is 436 g/mol. The molecule has 0 spiro atoms. The molecule has 1 aliphatic rings. The Labute approximate surface area is 176 Å². The van der Waals surface area contributed by atoms with Crippen LogP contribution < -0.4 is 10.1 Å². The normalized spacial score (nSPS) is 18.4. The number of hydrogen-bond acceptors (Lipinski definition) is 4. The molecule has 2 aromatic carbocycles. The van der Waals surface area contributed by atoms with E-state index in [1.54, 1.807) is 7.11 Å². The summed E-state index contributed by atoms with van der Waals surface area (Å²) in [6, 6.07) is 12.6. The second-order valence-corrected chi connectivity index (χ2v) is 9.30. The van der Waals surface area contributed by atoms with Gasteiger partial charge in [0.15, 0.2) is 0 Å². The Morgan fingerprint density at radius 3 is 2.45 bits per heavy atom. The first-order valence-electron chi connectivity index (χ1n) is 9.58. The molecule has 1 saturated heterocycles. The molecule has 156 valence electrons. The van der Waals surface area contributed by atoms with Gasteiger partial charge in [-0.2, -0.15) is 4.31 Å². The summed E-state index contributed by atoms with van der Waals surface area (Å²) >= 11 is 5.87. The van der Waals surface area contributed by atoms with Crippen LogP contribution in [-0.4, -0.2) is 38.3 Å². The molecule has 29 heavy (non-hydrogen) atoms. The smallest absolute Gasteiger partial charge is 0.243 e. The predicted octanol–water partition coefficient (Wildman–Crippen LogP) is 3.77. The molecule has 0 bridgehead atoms. The Morgan fingerprint density at radius 1 is 1.21 bits per heavy atom. The Bertz CT molecular complexity index is 946. The SMILES string of the molecule is CC[C@H](NC(=O)[C@H]1CCCN1S(=O)(=O)c1ccc(Cl)cc1)c1ccc(OC)cc1. The molecule has 1 heterocycles. The summed E-state index contributed by atoms with van der Waals surface area (Å²) in [6.07, 6.45) is 1.83. The molecule has 2 aromatic rings. The predicted molar refractivity (Wildman–Crippen MR) is 113 cm³/mol. The molecular formula is C21H25ClN2O4S. The number of sulfonamides is 1. The maximum absolute atomic E-state index is 13.0. The van der Waals surface area contributed by atoms with Gasteiger partial charge in [0, 0.05) is 11.6 Å². The van der Waals surface area contributed by atoms with Crippen molar-refractivity contribution < 1.29 is 17.9 Å². The average molecular weight is 437 g/mol. The van der Waals surface area contributed by atoms with E-state index in [0.29, 0.717) is 30.8 Å². The number of halogens is 1. The summed E-state index contributed by atoms with van der Waals surface area (Å²) in [6.45, 7) is 2.30. The highest BCUT2D eigenvalue weighted by Gasteiger charge is 2.39. The number of nitrogens with one attached hydrogen (secondary N) is 1. The van der Waals surface area contributed by atoms with Crippen LogP contribution in [0.15, 0.2) is 53.4 Å². The molecule has 3 rings (SSSR count). The van der Waals surface area contributed by atoms with Crippen molar-refractivity contribution >= 4 is 27.5 Å². The molecule has 1 fully saturated rings. The Hall–Kier alpha value is -2.09. The van der Waals surface area contributed by atoms with E-state index in [9.17, 15) is 13.2 Å². The molecule has 6 nitrogen and oxygen atoms in total. The summed E-state index contributed by atoms with van der Waals surface area (Å²) in [4.78, 5) is 13.1. The lowest BCUT2D eigenvalue weighted by molar-refractivity contribution is -0.125. The van der Waals surface area contributed by atoms with E-state index < -0.39 is 16.1 Å².